The zero-order valence-electron chi connectivity index (χ0n) is 8.31. The molecular formula is C10H12N2O2S. The van der Waals surface area contributed by atoms with E-state index in [4.69, 9.17) is 5.26 Å². The van der Waals surface area contributed by atoms with E-state index in [0.29, 0.717) is 11.5 Å². The molecule has 1 aliphatic heterocycles. The van der Waals surface area contributed by atoms with Crippen LogP contribution in [0.5, 0.6) is 0 Å². The number of carbonyl (C=O) groups excluding carboxylic acids is 2. The van der Waals surface area contributed by atoms with Crippen LogP contribution in [0.4, 0.5) is 0 Å². The van der Waals surface area contributed by atoms with Crippen molar-refractivity contribution < 1.29 is 9.59 Å². The Hall–Kier alpha value is -1.02. The lowest BCUT2D eigenvalue weighted by atomic mass is 10.0. The monoisotopic (exact) mass is 224 g/mol. The maximum atomic E-state index is 11.6. The molecule has 2 unspecified atom stereocenters. The maximum Gasteiger partial charge on any atom is 0.239 e. The second-order valence-corrected chi connectivity index (χ2v) is 4.87. The summed E-state index contributed by atoms with van der Waals surface area (Å²) in [6.45, 7) is 0. The molecule has 0 aromatic rings. The Balaban J connectivity index is 2.17. The highest BCUT2D eigenvalue weighted by Gasteiger charge is 2.39. The van der Waals surface area contributed by atoms with Crippen LogP contribution in [0.2, 0.25) is 0 Å². The average molecular weight is 224 g/mol. The van der Waals surface area contributed by atoms with Gasteiger partial charge < -0.3 is 0 Å². The normalized spacial score (nSPS) is 31.8. The van der Waals surface area contributed by atoms with E-state index in [9.17, 15) is 9.59 Å². The van der Waals surface area contributed by atoms with Gasteiger partial charge in [-0.25, -0.2) is 0 Å². The summed E-state index contributed by atoms with van der Waals surface area (Å²) in [5.74, 6) is 0.355. The molecule has 0 aromatic carbocycles. The number of nitriles is 1. The molecule has 2 rings (SSSR count). The Morgan fingerprint density at radius 1 is 1.27 bits per heavy atom. The van der Waals surface area contributed by atoms with Crippen molar-refractivity contribution in [2.45, 2.75) is 25.3 Å². The summed E-state index contributed by atoms with van der Waals surface area (Å²) in [7, 11) is 0. The van der Waals surface area contributed by atoms with Gasteiger partial charge in [0.05, 0.1) is 29.5 Å². The van der Waals surface area contributed by atoms with Gasteiger partial charge in [-0.05, 0) is 19.3 Å². The van der Waals surface area contributed by atoms with Crippen molar-refractivity contribution in [2.75, 3.05) is 11.5 Å². The van der Waals surface area contributed by atoms with E-state index in [0.717, 1.165) is 19.3 Å². The van der Waals surface area contributed by atoms with E-state index < -0.39 is 0 Å². The molecule has 0 N–H and O–H groups in total. The van der Waals surface area contributed by atoms with Crippen molar-refractivity contribution in [1.82, 2.24) is 4.90 Å². The first kappa shape index (κ1) is 10.5. The van der Waals surface area contributed by atoms with Crippen LogP contribution in [-0.2, 0) is 9.59 Å². The number of hydrogen-bond donors (Lipinski definition) is 0. The molecule has 15 heavy (non-hydrogen) atoms. The highest BCUT2D eigenvalue weighted by molar-refractivity contribution is 8.00. The molecular weight excluding hydrogens is 212 g/mol. The molecule has 0 bridgehead atoms. The Morgan fingerprint density at radius 2 is 1.93 bits per heavy atom. The van der Waals surface area contributed by atoms with Crippen LogP contribution in [0.3, 0.4) is 0 Å². The number of imide groups is 1. The molecule has 2 amide bonds. The van der Waals surface area contributed by atoms with E-state index in [2.05, 4.69) is 6.07 Å². The van der Waals surface area contributed by atoms with Gasteiger partial charge in [0, 0.05) is 0 Å². The van der Waals surface area contributed by atoms with Gasteiger partial charge in [0.2, 0.25) is 11.8 Å². The van der Waals surface area contributed by atoms with E-state index in [1.54, 1.807) is 0 Å². The number of carbonyl (C=O) groups is 2. The molecule has 80 valence electrons. The second kappa shape index (κ2) is 4.23. The van der Waals surface area contributed by atoms with Gasteiger partial charge in [-0.2, -0.15) is 5.26 Å². The number of nitrogens with zero attached hydrogens (tertiary/aromatic N) is 2. The van der Waals surface area contributed by atoms with Crippen molar-refractivity contribution in [2.24, 2.45) is 5.92 Å². The summed E-state index contributed by atoms with van der Waals surface area (Å²) in [6.07, 6.45) is 2.54. The standard InChI is InChI=1S/C10H12N2O2S/c11-4-7-2-1-3-8(7)12-9(13)5-15-6-10(12)14/h7-8H,1-3,5-6H2. The van der Waals surface area contributed by atoms with Crippen molar-refractivity contribution in [3.8, 4) is 6.07 Å². The van der Waals surface area contributed by atoms with Crippen molar-refractivity contribution in [3.05, 3.63) is 0 Å². The lowest BCUT2D eigenvalue weighted by molar-refractivity contribution is -0.145. The van der Waals surface area contributed by atoms with Gasteiger partial charge in [-0.15, -0.1) is 11.8 Å². The van der Waals surface area contributed by atoms with Crippen LogP contribution in [0.1, 0.15) is 19.3 Å². The SMILES string of the molecule is N#CC1CCCC1N1C(=O)CSCC1=O. The average Bonchev–Trinajstić information content (AvgIpc) is 2.65. The number of rotatable bonds is 1. The first-order chi connectivity index (χ1) is 7.24. The molecule has 1 heterocycles. The topological polar surface area (TPSA) is 61.2 Å². The van der Waals surface area contributed by atoms with Gasteiger partial charge in [-0.3, -0.25) is 14.5 Å². The quantitative estimate of drug-likeness (QED) is 0.617. The van der Waals surface area contributed by atoms with Gasteiger partial charge in [0.1, 0.15) is 0 Å². The molecule has 2 fully saturated rings. The smallest absolute Gasteiger partial charge is 0.239 e. The summed E-state index contributed by atoms with van der Waals surface area (Å²) < 4.78 is 0. The van der Waals surface area contributed by atoms with Gasteiger partial charge >= 0.3 is 0 Å². The predicted octanol–water partition coefficient (Wildman–Crippen LogP) is 0.781. The zero-order chi connectivity index (χ0) is 10.8. The third kappa shape index (κ3) is 1.86. The third-order valence-electron chi connectivity index (χ3n) is 2.97. The number of thioether (sulfide) groups is 1. The van der Waals surface area contributed by atoms with Crippen LogP contribution < -0.4 is 0 Å². The fraction of sp³-hybridized carbons (Fsp3) is 0.700. The third-order valence-corrected chi connectivity index (χ3v) is 3.87. The molecule has 0 spiro atoms. The fourth-order valence-electron chi connectivity index (χ4n) is 2.27. The molecule has 2 atom stereocenters. The summed E-state index contributed by atoms with van der Waals surface area (Å²) in [5.41, 5.74) is 0. The minimum atomic E-state index is -0.157. The lowest BCUT2D eigenvalue weighted by Gasteiger charge is -2.31. The van der Waals surface area contributed by atoms with E-state index in [-0.39, 0.29) is 23.8 Å². The van der Waals surface area contributed by atoms with E-state index >= 15 is 0 Å². The molecule has 4 nitrogen and oxygen atoms in total. The van der Waals surface area contributed by atoms with Crippen molar-refractivity contribution in [3.63, 3.8) is 0 Å². The molecule has 0 aromatic heterocycles. The lowest BCUT2D eigenvalue weighted by Crippen LogP contribution is -2.50. The van der Waals surface area contributed by atoms with Crippen molar-refractivity contribution in [1.29, 1.82) is 5.26 Å². The van der Waals surface area contributed by atoms with Gasteiger partial charge in [-0.1, -0.05) is 0 Å². The molecule has 1 aliphatic carbocycles. The highest BCUT2D eigenvalue weighted by atomic mass is 32.2. The minimum absolute atomic E-state index is 0.122. The Labute approximate surface area is 92.6 Å². The van der Waals surface area contributed by atoms with Crippen LogP contribution >= 0.6 is 11.8 Å². The van der Waals surface area contributed by atoms with Crippen LogP contribution in [0.25, 0.3) is 0 Å². The fourth-order valence-corrected chi connectivity index (χ4v) is 3.00. The largest absolute Gasteiger partial charge is 0.277 e. The summed E-state index contributed by atoms with van der Waals surface area (Å²) >= 11 is 1.36. The summed E-state index contributed by atoms with van der Waals surface area (Å²) in [4.78, 5) is 24.6. The summed E-state index contributed by atoms with van der Waals surface area (Å²) in [5, 5.41) is 8.94. The molecule has 2 aliphatic rings. The van der Waals surface area contributed by atoms with Crippen LogP contribution in [0, 0.1) is 17.2 Å². The van der Waals surface area contributed by atoms with E-state index in [1.807, 2.05) is 0 Å². The summed E-state index contributed by atoms with van der Waals surface area (Å²) in [6, 6.07) is 2.04. The zero-order valence-corrected chi connectivity index (χ0v) is 9.13. The Kier molecular flexibility index (Phi) is 2.96. The van der Waals surface area contributed by atoms with Crippen molar-refractivity contribution >= 4 is 23.6 Å². The molecule has 0 radical (unpaired) electrons. The molecule has 1 saturated carbocycles. The molecule has 1 saturated heterocycles. The van der Waals surface area contributed by atoms with E-state index in [1.165, 1.54) is 16.7 Å². The first-order valence-corrected chi connectivity index (χ1v) is 6.21. The van der Waals surface area contributed by atoms with Gasteiger partial charge in [0.15, 0.2) is 0 Å². The Morgan fingerprint density at radius 3 is 2.53 bits per heavy atom. The molecule has 5 heteroatoms. The van der Waals surface area contributed by atoms with Crippen LogP contribution in [0.15, 0.2) is 0 Å². The van der Waals surface area contributed by atoms with Crippen LogP contribution in [-0.4, -0.2) is 34.3 Å². The highest BCUT2D eigenvalue weighted by Crippen LogP contribution is 2.31. The second-order valence-electron chi connectivity index (χ2n) is 3.88. The minimum Gasteiger partial charge on any atom is -0.277 e. The van der Waals surface area contributed by atoms with Gasteiger partial charge in [0.25, 0.3) is 0 Å². The maximum absolute atomic E-state index is 11.6. The first-order valence-electron chi connectivity index (χ1n) is 5.06. The number of amides is 2. The number of hydrogen-bond acceptors (Lipinski definition) is 4. The predicted molar refractivity (Wildman–Crippen MR) is 55.9 cm³/mol. The Bertz CT molecular complexity index is 321.